The minimum Gasteiger partial charge on any atom is -0.491 e. The van der Waals surface area contributed by atoms with Crippen LogP contribution in [0.15, 0.2) is 59.8 Å². The molecule has 0 radical (unpaired) electrons. The molecule has 0 spiro atoms. The second-order valence-electron chi connectivity index (χ2n) is 7.37. The quantitative estimate of drug-likeness (QED) is 0.324. The van der Waals surface area contributed by atoms with Gasteiger partial charge in [-0.15, -0.1) is 0 Å². The van der Waals surface area contributed by atoms with Crippen molar-refractivity contribution >= 4 is 32.8 Å². The van der Waals surface area contributed by atoms with Crippen molar-refractivity contribution in [2.45, 2.75) is 18.0 Å². The summed E-state index contributed by atoms with van der Waals surface area (Å²) in [5, 5.41) is 5.91. The molecule has 0 fully saturated rings. The molecular formula is C23H25F3N4O5S. The summed E-state index contributed by atoms with van der Waals surface area (Å²) >= 11 is 0. The first-order valence-corrected chi connectivity index (χ1v) is 12.4. The third-order valence-corrected chi connectivity index (χ3v) is 6.43. The number of methoxy groups -OCH3 is 1. The zero-order valence-corrected chi connectivity index (χ0v) is 20.3. The average molecular weight is 527 g/mol. The number of alkyl halides is 3. The smallest absolute Gasteiger partial charge is 0.422 e. The highest BCUT2D eigenvalue weighted by molar-refractivity contribution is 7.91. The van der Waals surface area contributed by atoms with Crippen molar-refractivity contribution < 1.29 is 35.8 Å². The van der Waals surface area contributed by atoms with Gasteiger partial charge in [0.25, 0.3) is 0 Å². The first-order valence-electron chi connectivity index (χ1n) is 10.7. The van der Waals surface area contributed by atoms with Crippen molar-refractivity contribution in [2.24, 2.45) is 0 Å². The summed E-state index contributed by atoms with van der Waals surface area (Å²) < 4.78 is 78.0. The molecule has 0 aliphatic heterocycles. The molecule has 0 atom stereocenters. The van der Waals surface area contributed by atoms with Gasteiger partial charge in [-0.3, -0.25) is 0 Å². The number of sulfone groups is 1. The molecule has 194 valence electrons. The third kappa shape index (κ3) is 7.99. The maximum atomic E-state index is 12.7. The van der Waals surface area contributed by atoms with Gasteiger partial charge in [-0.2, -0.15) is 13.2 Å². The number of ether oxygens (including phenoxy) is 3. The van der Waals surface area contributed by atoms with Crippen LogP contribution in [0.3, 0.4) is 0 Å². The molecule has 0 saturated heterocycles. The van der Waals surface area contributed by atoms with Crippen molar-refractivity contribution in [1.82, 2.24) is 9.97 Å². The summed E-state index contributed by atoms with van der Waals surface area (Å²) in [7, 11) is -2.03. The number of nitrogens with zero attached hydrogens (tertiary/aromatic N) is 2. The van der Waals surface area contributed by atoms with Gasteiger partial charge in [-0.1, -0.05) is 6.92 Å². The van der Waals surface area contributed by atoms with E-state index in [-0.39, 0.29) is 27.9 Å². The molecule has 0 aliphatic rings. The van der Waals surface area contributed by atoms with Gasteiger partial charge in [-0.25, -0.2) is 18.4 Å². The lowest BCUT2D eigenvalue weighted by atomic mass is 10.3. The Morgan fingerprint density at radius 3 is 2.25 bits per heavy atom. The molecule has 2 aromatic carbocycles. The average Bonchev–Trinajstić information content (AvgIpc) is 2.84. The molecule has 0 saturated carbocycles. The minimum absolute atomic E-state index is 0.0102. The first-order chi connectivity index (χ1) is 17.1. The Balaban J connectivity index is 1.79. The Kier molecular flexibility index (Phi) is 8.93. The number of anilines is 4. The summed E-state index contributed by atoms with van der Waals surface area (Å²) in [6.07, 6.45) is -3.32. The van der Waals surface area contributed by atoms with Gasteiger partial charge in [0.2, 0.25) is 0 Å². The molecule has 2 N–H and O–H groups in total. The standard InChI is InChI=1S/C23H25F3N4O5S/c1-3-36(31,32)18-8-9-20(35-14-23(24,25)26)19(12-18)30-22-13-21(27-15-28-22)29-16-4-6-17(7-5-16)34-11-10-33-2/h4-9,12-13,15H,3,10-11,14H2,1-2H3,(H2,27,28,29,30). The van der Waals surface area contributed by atoms with Gasteiger partial charge >= 0.3 is 6.18 Å². The molecule has 3 aromatic rings. The molecule has 0 amide bonds. The van der Waals surface area contributed by atoms with Crippen LogP contribution in [0.5, 0.6) is 11.5 Å². The van der Waals surface area contributed by atoms with Gasteiger partial charge in [0.1, 0.15) is 36.1 Å². The van der Waals surface area contributed by atoms with Gasteiger partial charge in [0.05, 0.1) is 22.9 Å². The summed E-state index contributed by atoms with van der Waals surface area (Å²) in [5.74, 6) is 0.897. The molecule has 36 heavy (non-hydrogen) atoms. The Morgan fingerprint density at radius 2 is 1.61 bits per heavy atom. The monoisotopic (exact) mass is 526 g/mol. The summed E-state index contributed by atoms with van der Waals surface area (Å²) in [5.41, 5.74) is 0.708. The molecule has 0 aliphatic carbocycles. The van der Waals surface area contributed by atoms with Crippen molar-refractivity contribution in [3.63, 3.8) is 0 Å². The van der Waals surface area contributed by atoms with Crippen molar-refractivity contribution in [1.29, 1.82) is 0 Å². The third-order valence-electron chi connectivity index (χ3n) is 4.69. The van der Waals surface area contributed by atoms with Crippen molar-refractivity contribution in [3.8, 4) is 11.5 Å². The van der Waals surface area contributed by atoms with Crippen molar-refractivity contribution in [2.75, 3.05) is 43.3 Å². The highest BCUT2D eigenvalue weighted by Crippen LogP contribution is 2.32. The second kappa shape index (κ2) is 11.9. The topological polar surface area (TPSA) is 112 Å². The van der Waals surface area contributed by atoms with E-state index >= 15 is 0 Å². The molecular weight excluding hydrogens is 501 g/mol. The van der Waals surface area contributed by atoms with Crippen LogP contribution >= 0.6 is 0 Å². The van der Waals surface area contributed by atoms with E-state index in [0.717, 1.165) is 0 Å². The summed E-state index contributed by atoms with van der Waals surface area (Å²) in [6, 6.07) is 12.2. The maximum absolute atomic E-state index is 12.7. The number of hydrogen-bond acceptors (Lipinski definition) is 9. The second-order valence-corrected chi connectivity index (χ2v) is 9.65. The van der Waals surface area contributed by atoms with Crippen molar-refractivity contribution in [3.05, 3.63) is 54.9 Å². The van der Waals surface area contributed by atoms with Crippen LogP contribution in [0.25, 0.3) is 0 Å². The number of halogens is 3. The largest absolute Gasteiger partial charge is 0.491 e. The number of benzene rings is 2. The van der Waals surface area contributed by atoms with E-state index in [1.54, 1.807) is 31.4 Å². The van der Waals surface area contributed by atoms with E-state index in [9.17, 15) is 21.6 Å². The fourth-order valence-electron chi connectivity index (χ4n) is 2.91. The number of nitrogens with one attached hydrogen (secondary N) is 2. The predicted molar refractivity (Wildman–Crippen MR) is 128 cm³/mol. The molecule has 9 nitrogen and oxygen atoms in total. The van der Waals surface area contributed by atoms with Gasteiger partial charge < -0.3 is 24.8 Å². The Labute approximate surface area is 206 Å². The zero-order chi connectivity index (χ0) is 26.2. The van der Waals surface area contributed by atoms with E-state index in [4.69, 9.17) is 14.2 Å². The van der Waals surface area contributed by atoms with Crippen LogP contribution < -0.4 is 20.1 Å². The zero-order valence-electron chi connectivity index (χ0n) is 19.5. The first kappa shape index (κ1) is 27.0. The number of rotatable bonds is 12. The van der Waals surface area contributed by atoms with Gasteiger partial charge in [0, 0.05) is 18.9 Å². The Bertz CT molecular complexity index is 1260. The fraction of sp³-hybridized carbons (Fsp3) is 0.304. The van der Waals surface area contributed by atoms with Crippen LogP contribution in [-0.4, -0.2) is 57.2 Å². The molecule has 0 unspecified atom stereocenters. The lowest BCUT2D eigenvalue weighted by Crippen LogP contribution is -2.19. The minimum atomic E-state index is -4.57. The highest BCUT2D eigenvalue weighted by Gasteiger charge is 2.29. The van der Waals surface area contributed by atoms with E-state index < -0.39 is 22.6 Å². The number of hydrogen-bond donors (Lipinski definition) is 2. The molecule has 3 rings (SSSR count). The summed E-state index contributed by atoms with van der Waals surface area (Å²) in [6.45, 7) is 0.813. The maximum Gasteiger partial charge on any atom is 0.422 e. The fourth-order valence-corrected chi connectivity index (χ4v) is 3.82. The van der Waals surface area contributed by atoms with Crippen LogP contribution in [0, 0.1) is 0 Å². The van der Waals surface area contributed by atoms with Crippen LogP contribution in [-0.2, 0) is 14.6 Å². The van der Waals surface area contributed by atoms with Crippen LogP contribution in [0.2, 0.25) is 0 Å². The normalized spacial score (nSPS) is 11.7. The predicted octanol–water partition coefficient (Wildman–Crippen LogP) is 4.72. The highest BCUT2D eigenvalue weighted by atomic mass is 32.2. The molecule has 13 heteroatoms. The SMILES string of the molecule is CCS(=O)(=O)c1ccc(OCC(F)(F)F)c(Nc2cc(Nc3ccc(OCCOC)cc3)ncn2)c1. The van der Waals surface area contributed by atoms with Crippen LogP contribution in [0.4, 0.5) is 36.2 Å². The van der Waals surface area contributed by atoms with Gasteiger partial charge in [0.15, 0.2) is 16.4 Å². The lowest BCUT2D eigenvalue weighted by Gasteiger charge is -2.16. The number of aromatic nitrogens is 2. The van der Waals surface area contributed by atoms with Gasteiger partial charge in [-0.05, 0) is 42.5 Å². The Morgan fingerprint density at radius 1 is 0.917 bits per heavy atom. The van der Waals surface area contributed by atoms with E-state index in [2.05, 4.69) is 20.6 Å². The molecule has 0 bridgehead atoms. The van der Waals surface area contributed by atoms with Crippen LogP contribution in [0.1, 0.15) is 6.92 Å². The molecule has 1 heterocycles. The van der Waals surface area contributed by atoms with E-state index in [0.29, 0.717) is 30.5 Å². The lowest BCUT2D eigenvalue weighted by molar-refractivity contribution is -0.153. The van der Waals surface area contributed by atoms with E-state index in [1.165, 1.54) is 37.5 Å². The summed E-state index contributed by atoms with van der Waals surface area (Å²) in [4.78, 5) is 8.14. The van der Waals surface area contributed by atoms with E-state index in [1.807, 2.05) is 0 Å². The Hall–Kier alpha value is -3.58. The molecule has 1 aromatic heterocycles.